The lowest BCUT2D eigenvalue weighted by atomic mass is 9.99. The van der Waals surface area contributed by atoms with E-state index in [0.717, 1.165) is 51.9 Å². The molecule has 1 saturated carbocycles. The maximum Gasteiger partial charge on any atom is 0.140 e. The van der Waals surface area contributed by atoms with Gasteiger partial charge in [0.25, 0.3) is 0 Å². The first-order valence-corrected chi connectivity index (χ1v) is 6.29. The summed E-state index contributed by atoms with van der Waals surface area (Å²) >= 11 is 0. The van der Waals surface area contributed by atoms with Gasteiger partial charge in [-0.05, 0) is 44.9 Å². The monoisotopic (exact) mass is 241 g/mol. The van der Waals surface area contributed by atoms with Crippen molar-refractivity contribution in [3.05, 3.63) is 35.3 Å². The number of furan rings is 2. The minimum atomic E-state index is -0.224. The summed E-state index contributed by atoms with van der Waals surface area (Å²) < 4.78 is 11.6. The van der Waals surface area contributed by atoms with Crippen molar-refractivity contribution in [1.82, 2.24) is 0 Å². The highest BCUT2D eigenvalue weighted by Crippen LogP contribution is 2.49. The topological polar surface area (TPSA) is 52.3 Å². The number of fused-ring (bicyclic) bond motifs is 2. The molecule has 2 heterocycles. The fourth-order valence-corrected chi connectivity index (χ4v) is 2.81. The zero-order valence-electron chi connectivity index (χ0n) is 10.5. The first-order valence-electron chi connectivity index (χ1n) is 6.29. The Hall–Kier alpha value is -1.74. The Bertz CT molecular complexity index is 720. The second kappa shape index (κ2) is 2.98. The average Bonchev–Trinajstić information content (AvgIpc) is 2.76. The third-order valence-corrected chi connectivity index (χ3v) is 3.84. The van der Waals surface area contributed by atoms with Crippen LogP contribution < -0.4 is 5.73 Å². The van der Waals surface area contributed by atoms with Crippen LogP contribution in [0.3, 0.4) is 0 Å². The summed E-state index contributed by atoms with van der Waals surface area (Å²) in [6.07, 6.45) is 2.04. The van der Waals surface area contributed by atoms with Crippen LogP contribution in [0.15, 0.2) is 27.0 Å². The van der Waals surface area contributed by atoms with E-state index in [4.69, 9.17) is 14.6 Å². The van der Waals surface area contributed by atoms with Crippen molar-refractivity contribution in [2.45, 2.75) is 32.2 Å². The largest absolute Gasteiger partial charge is 0.461 e. The van der Waals surface area contributed by atoms with Gasteiger partial charge in [0.15, 0.2) is 0 Å². The number of nitrogens with two attached hydrogens (primary N) is 1. The summed E-state index contributed by atoms with van der Waals surface area (Å²) in [6, 6.07) is 6.15. The maximum absolute atomic E-state index is 6.42. The molecule has 0 saturated heterocycles. The Morgan fingerprint density at radius 1 is 1.06 bits per heavy atom. The van der Waals surface area contributed by atoms with Gasteiger partial charge in [-0.2, -0.15) is 0 Å². The molecular formula is C15H15NO2. The molecule has 0 bridgehead atoms. The molecule has 1 aliphatic rings. The average molecular weight is 241 g/mol. The predicted octanol–water partition coefficient (Wildman–Crippen LogP) is 3.74. The molecule has 3 heteroatoms. The minimum Gasteiger partial charge on any atom is -0.461 e. The molecule has 2 aromatic heterocycles. The molecule has 3 nitrogen and oxygen atoms in total. The van der Waals surface area contributed by atoms with Crippen LogP contribution in [0.1, 0.15) is 29.9 Å². The van der Waals surface area contributed by atoms with Crippen LogP contribution in [0.2, 0.25) is 0 Å². The summed E-state index contributed by atoms with van der Waals surface area (Å²) in [7, 11) is 0. The molecule has 0 unspecified atom stereocenters. The van der Waals surface area contributed by atoms with Gasteiger partial charge in [-0.25, -0.2) is 0 Å². The normalized spacial score (nSPS) is 17.7. The van der Waals surface area contributed by atoms with E-state index in [2.05, 4.69) is 6.07 Å². The fourth-order valence-electron chi connectivity index (χ4n) is 2.81. The number of rotatable bonds is 1. The van der Waals surface area contributed by atoms with Crippen LogP contribution in [0.4, 0.5) is 0 Å². The molecular weight excluding hydrogens is 226 g/mol. The Morgan fingerprint density at radius 2 is 1.78 bits per heavy atom. The summed E-state index contributed by atoms with van der Waals surface area (Å²) in [6.45, 7) is 3.93. The highest BCUT2D eigenvalue weighted by atomic mass is 16.3. The van der Waals surface area contributed by atoms with Gasteiger partial charge in [0.05, 0.1) is 0 Å². The predicted molar refractivity (Wildman–Crippen MR) is 70.6 cm³/mol. The number of benzene rings is 1. The third-order valence-electron chi connectivity index (χ3n) is 3.84. The van der Waals surface area contributed by atoms with Crippen LogP contribution in [-0.4, -0.2) is 0 Å². The van der Waals surface area contributed by atoms with Gasteiger partial charge in [-0.15, -0.1) is 0 Å². The van der Waals surface area contributed by atoms with E-state index in [1.54, 1.807) is 0 Å². The van der Waals surface area contributed by atoms with Crippen molar-refractivity contribution >= 4 is 21.9 Å². The lowest BCUT2D eigenvalue weighted by molar-refractivity contribution is 0.566. The summed E-state index contributed by atoms with van der Waals surface area (Å²) in [5.41, 5.74) is 9.16. The van der Waals surface area contributed by atoms with Gasteiger partial charge in [0.2, 0.25) is 0 Å². The molecule has 92 valence electrons. The van der Waals surface area contributed by atoms with Gasteiger partial charge in [0, 0.05) is 21.9 Å². The molecule has 0 amide bonds. The Morgan fingerprint density at radius 3 is 2.50 bits per heavy atom. The lowest BCUT2D eigenvalue weighted by Gasteiger charge is -2.10. The molecule has 3 aromatic rings. The standard InChI is InChI=1S/C15H15NO2/c1-8-5-10-7-12-11(6-9(2)17-12)13(14(10)18-8)15(16)3-4-15/h5-7H,3-4,16H2,1-2H3. The van der Waals surface area contributed by atoms with Crippen LogP contribution in [-0.2, 0) is 5.54 Å². The molecule has 0 spiro atoms. The number of aryl methyl sites for hydroxylation is 2. The van der Waals surface area contributed by atoms with Crippen molar-refractivity contribution < 1.29 is 8.83 Å². The molecule has 0 radical (unpaired) electrons. The van der Waals surface area contributed by atoms with E-state index < -0.39 is 0 Å². The Kier molecular flexibility index (Phi) is 1.69. The van der Waals surface area contributed by atoms with Crippen molar-refractivity contribution in [3.8, 4) is 0 Å². The zero-order chi connectivity index (χ0) is 12.5. The quantitative estimate of drug-likeness (QED) is 0.706. The Balaban J connectivity index is 2.23. The maximum atomic E-state index is 6.42. The molecule has 1 aliphatic carbocycles. The second-order valence-electron chi connectivity index (χ2n) is 5.45. The number of hydrogen-bond acceptors (Lipinski definition) is 3. The van der Waals surface area contributed by atoms with Gasteiger partial charge in [-0.1, -0.05) is 0 Å². The van der Waals surface area contributed by atoms with E-state index in [0.29, 0.717) is 0 Å². The molecule has 18 heavy (non-hydrogen) atoms. The van der Waals surface area contributed by atoms with Crippen molar-refractivity contribution in [1.29, 1.82) is 0 Å². The highest BCUT2D eigenvalue weighted by Gasteiger charge is 2.44. The molecule has 2 N–H and O–H groups in total. The van der Waals surface area contributed by atoms with E-state index in [1.807, 2.05) is 26.0 Å². The highest BCUT2D eigenvalue weighted by molar-refractivity contribution is 5.99. The van der Waals surface area contributed by atoms with Crippen molar-refractivity contribution in [2.24, 2.45) is 5.73 Å². The Labute approximate surface area is 105 Å². The lowest BCUT2D eigenvalue weighted by Crippen LogP contribution is -2.19. The third kappa shape index (κ3) is 1.22. The van der Waals surface area contributed by atoms with E-state index in [9.17, 15) is 0 Å². The molecule has 4 rings (SSSR count). The van der Waals surface area contributed by atoms with Gasteiger partial charge in [-0.3, -0.25) is 0 Å². The van der Waals surface area contributed by atoms with Crippen LogP contribution >= 0.6 is 0 Å². The molecule has 1 aromatic carbocycles. The van der Waals surface area contributed by atoms with Crippen LogP contribution in [0, 0.1) is 13.8 Å². The molecule has 0 aliphatic heterocycles. The van der Waals surface area contributed by atoms with Crippen LogP contribution in [0.25, 0.3) is 21.9 Å². The van der Waals surface area contributed by atoms with Gasteiger partial charge >= 0.3 is 0 Å². The van der Waals surface area contributed by atoms with E-state index in [1.165, 1.54) is 0 Å². The van der Waals surface area contributed by atoms with E-state index in [-0.39, 0.29) is 5.54 Å². The minimum absolute atomic E-state index is 0.224. The summed E-state index contributed by atoms with van der Waals surface area (Å²) in [5, 5.41) is 2.19. The van der Waals surface area contributed by atoms with Crippen molar-refractivity contribution in [2.75, 3.05) is 0 Å². The summed E-state index contributed by atoms with van der Waals surface area (Å²) in [5.74, 6) is 1.83. The zero-order valence-corrected chi connectivity index (χ0v) is 10.5. The molecule has 0 atom stereocenters. The van der Waals surface area contributed by atoms with Gasteiger partial charge < -0.3 is 14.6 Å². The van der Waals surface area contributed by atoms with Crippen molar-refractivity contribution in [3.63, 3.8) is 0 Å². The van der Waals surface area contributed by atoms with Crippen LogP contribution in [0.5, 0.6) is 0 Å². The SMILES string of the molecule is Cc1cc2c(C3(N)CC3)c3oc(C)cc3cc2o1. The van der Waals surface area contributed by atoms with E-state index >= 15 is 0 Å². The molecule has 1 fully saturated rings. The number of hydrogen-bond donors (Lipinski definition) is 1. The fraction of sp³-hybridized carbons (Fsp3) is 0.333. The van der Waals surface area contributed by atoms with Gasteiger partial charge in [0.1, 0.15) is 22.7 Å². The second-order valence-corrected chi connectivity index (χ2v) is 5.45. The first kappa shape index (κ1) is 10.2. The first-order chi connectivity index (χ1) is 8.57. The smallest absolute Gasteiger partial charge is 0.140 e. The summed E-state index contributed by atoms with van der Waals surface area (Å²) in [4.78, 5) is 0.